The summed E-state index contributed by atoms with van der Waals surface area (Å²) in [5.74, 6) is 0.448. The maximum atomic E-state index is 12.9. The van der Waals surface area contributed by atoms with Crippen LogP contribution in [0, 0.1) is 20.2 Å². The van der Waals surface area contributed by atoms with Gasteiger partial charge in [-0.05, 0) is 42.0 Å². The van der Waals surface area contributed by atoms with Crippen LogP contribution in [0.2, 0.25) is 0 Å². The third-order valence-electron chi connectivity index (χ3n) is 4.70. The van der Waals surface area contributed by atoms with Gasteiger partial charge in [0.05, 0.1) is 23.0 Å². The Kier molecular flexibility index (Phi) is 6.56. The molecule has 3 aromatic carbocycles. The number of carbonyl (C=O) groups is 1. The lowest BCUT2D eigenvalue weighted by atomic mass is 9.97. The number of nitrogens with zero attached hydrogens (tertiary/aromatic N) is 2. The summed E-state index contributed by atoms with van der Waals surface area (Å²) in [6.07, 6.45) is 0.0183. The number of hydrogen-bond donors (Lipinski definition) is 1. The highest BCUT2D eigenvalue weighted by Gasteiger charge is 2.20. The Labute approximate surface area is 177 Å². The van der Waals surface area contributed by atoms with Gasteiger partial charge in [0.2, 0.25) is 0 Å². The van der Waals surface area contributed by atoms with E-state index in [-0.39, 0.29) is 23.6 Å². The van der Waals surface area contributed by atoms with Crippen molar-refractivity contribution in [1.82, 2.24) is 0 Å². The number of Topliss-reactive ketones (excluding diaryl/α,β-unsaturated/α-hetero) is 1. The highest BCUT2D eigenvalue weighted by atomic mass is 16.6. The van der Waals surface area contributed by atoms with E-state index >= 15 is 0 Å². The Morgan fingerprint density at radius 1 is 0.935 bits per heavy atom. The zero-order valence-electron chi connectivity index (χ0n) is 16.6. The van der Waals surface area contributed by atoms with Gasteiger partial charge in [-0.25, -0.2) is 0 Å². The van der Waals surface area contributed by atoms with Gasteiger partial charge in [-0.3, -0.25) is 25.0 Å². The lowest BCUT2D eigenvalue weighted by Gasteiger charge is -2.20. The fourth-order valence-electron chi connectivity index (χ4n) is 3.07. The molecule has 3 rings (SSSR count). The zero-order chi connectivity index (χ0) is 22.4. The summed E-state index contributed by atoms with van der Waals surface area (Å²) in [6.45, 7) is 0. The summed E-state index contributed by atoms with van der Waals surface area (Å²) in [7, 11) is 1.53. The molecule has 1 N–H and O–H groups in total. The summed E-state index contributed by atoms with van der Waals surface area (Å²) in [5.41, 5.74) is 1.41. The number of nitrogens with one attached hydrogen (secondary N) is 1. The topological polar surface area (TPSA) is 125 Å². The number of hydrogen-bond acceptors (Lipinski definition) is 7. The van der Waals surface area contributed by atoms with Crippen LogP contribution in [0.1, 0.15) is 28.4 Å². The predicted molar refractivity (Wildman–Crippen MR) is 114 cm³/mol. The zero-order valence-corrected chi connectivity index (χ0v) is 16.6. The van der Waals surface area contributed by atoms with Crippen molar-refractivity contribution in [3.8, 4) is 5.75 Å². The molecule has 9 nitrogen and oxygen atoms in total. The van der Waals surface area contributed by atoms with Crippen LogP contribution >= 0.6 is 0 Å². The van der Waals surface area contributed by atoms with Gasteiger partial charge in [0.25, 0.3) is 11.4 Å². The molecule has 9 heteroatoms. The molecule has 3 aromatic rings. The molecule has 1 unspecified atom stereocenters. The van der Waals surface area contributed by atoms with Crippen molar-refractivity contribution in [2.75, 3.05) is 12.4 Å². The quantitative estimate of drug-likeness (QED) is 0.295. The smallest absolute Gasteiger partial charge is 0.269 e. The van der Waals surface area contributed by atoms with Gasteiger partial charge in [-0.1, -0.05) is 12.1 Å². The Morgan fingerprint density at radius 3 is 2.16 bits per heavy atom. The molecule has 0 heterocycles. The molecule has 0 bridgehead atoms. The number of nitro groups is 2. The summed E-state index contributed by atoms with van der Waals surface area (Å²) < 4.78 is 5.10. The van der Waals surface area contributed by atoms with Crippen LogP contribution in [0.25, 0.3) is 0 Å². The lowest BCUT2D eigenvalue weighted by molar-refractivity contribution is -0.385. The van der Waals surface area contributed by atoms with Crippen molar-refractivity contribution in [3.63, 3.8) is 0 Å². The van der Waals surface area contributed by atoms with Crippen LogP contribution in [0.15, 0.2) is 72.8 Å². The third kappa shape index (κ3) is 5.41. The van der Waals surface area contributed by atoms with Crippen LogP contribution < -0.4 is 10.1 Å². The summed E-state index contributed by atoms with van der Waals surface area (Å²) in [4.78, 5) is 33.9. The first kappa shape index (κ1) is 21.4. The van der Waals surface area contributed by atoms with Gasteiger partial charge in [-0.2, -0.15) is 0 Å². The molecule has 0 amide bonds. The maximum absolute atomic E-state index is 12.9. The highest BCUT2D eigenvalue weighted by Crippen LogP contribution is 2.28. The molecule has 0 fully saturated rings. The number of methoxy groups -OCH3 is 1. The van der Waals surface area contributed by atoms with Gasteiger partial charge in [0, 0.05) is 41.9 Å². The molecule has 0 saturated heterocycles. The number of carbonyl (C=O) groups excluding carboxylic acids is 1. The monoisotopic (exact) mass is 421 g/mol. The Balaban J connectivity index is 1.89. The fourth-order valence-corrected chi connectivity index (χ4v) is 3.07. The molecule has 0 spiro atoms. The molecule has 31 heavy (non-hydrogen) atoms. The van der Waals surface area contributed by atoms with Crippen molar-refractivity contribution < 1.29 is 19.4 Å². The van der Waals surface area contributed by atoms with Crippen LogP contribution in [0.5, 0.6) is 5.75 Å². The molecule has 0 aliphatic rings. The average Bonchev–Trinajstić information content (AvgIpc) is 2.79. The molecular formula is C22H19N3O6. The molecule has 0 radical (unpaired) electrons. The van der Waals surface area contributed by atoms with E-state index in [1.807, 2.05) is 0 Å². The molecule has 1 atom stereocenters. The minimum absolute atomic E-state index is 0.0183. The van der Waals surface area contributed by atoms with Gasteiger partial charge in [0.1, 0.15) is 5.75 Å². The Morgan fingerprint density at radius 2 is 1.58 bits per heavy atom. The second-order valence-electron chi connectivity index (χ2n) is 6.71. The van der Waals surface area contributed by atoms with Crippen LogP contribution in [-0.4, -0.2) is 22.7 Å². The van der Waals surface area contributed by atoms with Crippen molar-refractivity contribution in [3.05, 3.63) is 104 Å². The SMILES string of the molecule is COc1ccc(C(=O)CC(Nc2ccc([N+](=O)[O-])cc2)c2cccc([N+](=O)[O-])c2)cc1. The first-order valence-corrected chi connectivity index (χ1v) is 9.30. The molecule has 0 saturated carbocycles. The van der Waals surface area contributed by atoms with Gasteiger partial charge < -0.3 is 10.1 Å². The van der Waals surface area contributed by atoms with E-state index in [4.69, 9.17) is 4.74 Å². The molecule has 0 aromatic heterocycles. The third-order valence-corrected chi connectivity index (χ3v) is 4.70. The van der Waals surface area contributed by atoms with E-state index in [0.29, 0.717) is 22.6 Å². The molecule has 0 aliphatic carbocycles. The second kappa shape index (κ2) is 9.49. The van der Waals surface area contributed by atoms with Gasteiger partial charge in [0.15, 0.2) is 5.78 Å². The van der Waals surface area contributed by atoms with E-state index in [1.165, 1.54) is 43.5 Å². The first-order chi connectivity index (χ1) is 14.9. The van der Waals surface area contributed by atoms with Crippen molar-refractivity contribution >= 4 is 22.8 Å². The average molecular weight is 421 g/mol. The standard InChI is InChI=1S/C22H19N3O6/c1-31-20-11-5-15(6-12-20)22(26)14-21(16-3-2-4-19(13-16)25(29)30)23-17-7-9-18(10-8-17)24(27)28/h2-13,21,23H,14H2,1H3. The van der Waals surface area contributed by atoms with E-state index in [0.717, 1.165) is 0 Å². The number of ether oxygens (including phenoxy) is 1. The normalized spacial score (nSPS) is 11.4. The number of nitro benzene ring substituents is 2. The number of benzene rings is 3. The lowest BCUT2D eigenvalue weighted by Crippen LogP contribution is -2.16. The number of ketones is 1. The maximum Gasteiger partial charge on any atom is 0.269 e. The highest BCUT2D eigenvalue weighted by molar-refractivity contribution is 5.96. The second-order valence-corrected chi connectivity index (χ2v) is 6.71. The fraction of sp³-hybridized carbons (Fsp3) is 0.136. The largest absolute Gasteiger partial charge is 0.497 e. The molecule has 158 valence electrons. The van der Waals surface area contributed by atoms with Crippen molar-refractivity contribution in [1.29, 1.82) is 0 Å². The number of non-ortho nitro benzene ring substituents is 2. The van der Waals surface area contributed by atoms with Crippen LogP contribution in [0.3, 0.4) is 0 Å². The van der Waals surface area contributed by atoms with Crippen molar-refractivity contribution in [2.24, 2.45) is 0 Å². The van der Waals surface area contributed by atoms with E-state index in [9.17, 15) is 25.0 Å². The summed E-state index contributed by atoms with van der Waals surface area (Å²) >= 11 is 0. The first-order valence-electron chi connectivity index (χ1n) is 9.30. The van der Waals surface area contributed by atoms with E-state index < -0.39 is 15.9 Å². The summed E-state index contributed by atoms with van der Waals surface area (Å²) in [6, 6.07) is 17.8. The minimum Gasteiger partial charge on any atom is -0.497 e. The van der Waals surface area contributed by atoms with E-state index in [2.05, 4.69) is 5.32 Å². The summed E-state index contributed by atoms with van der Waals surface area (Å²) in [5, 5.41) is 25.2. The van der Waals surface area contributed by atoms with Gasteiger partial charge in [-0.15, -0.1) is 0 Å². The van der Waals surface area contributed by atoms with Gasteiger partial charge >= 0.3 is 0 Å². The Bertz CT molecular complexity index is 1100. The Hall–Kier alpha value is -4.27. The van der Waals surface area contributed by atoms with Crippen LogP contribution in [0.4, 0.5) is 17.1 Å². The van der Waals surface area contributed by atoms with Crippen molar-refractivity contribution in [2.45, 2.75) is 12.5 Å². The number of rotatable bonds is 9. The minimum atomic E-state index is -0.587. The molecule has 0 aliphatic heterocycles. The van der Waals surface area contributed by atoms with Crippen LogP contribution in [-0.2, 0) is 0 Å². The van der Waals surface area contributed by atoms with E-state index in [1.54, 1.807) is 36.4 Å². The number of anilines is 1. The predicted octanol–water partition coefficient (Wildman–Crippen LogP) is 4.94. The molecular weight excluding hydrogens is 402 g/mol.